The molecule has 6 heteroatoms. The van der Waals surface area contributed by atoms with Crippen molar-refractivity contribution < 1.29 is 19.1 Å². The lowest BCUT2D eigenvalue weighted by Crippen LogP contribution is -2.16. The van der Waals surface area contributed by atoms with Crippen molar-refractivity contribution in [2.45, 2.75) is 13.8 Å². The van der Waals surface area contributed by atoms with Gasteiger partial charge in [-0.2, -0.15) is 5.10 Å². The first-order chi connectivity index (χ1) is 7.61. The molecule has 1 rings (SSSR count). The Kier molecular flexibility index (Phi) is 4.04. The molecule has 0 saturated heterocycles. The number of ether oxygens (including phenoxy) is 2. The van der Waals surface area contributed by atoms with E-state index in [1.807, 2.05) is 0 Å². The highest BCUT2D eigenvalue weighted by molar-refractivity contribution is 6.01. The molecule has 0 fully saturated rings. The molecule has 0 saturated carbocycles. The number of aryl methyl sites for hydroxylation is 1. The summed E-state index contributed by atoms with van der Waals surface area (Å²) in [5.74, 6) is -1.15. The van der Waals surface area contributed by atoms with Crippen molar-refractivity contribution in [1.82, 2.24) is 9.78 Å². The van der Waals surface area contributed by atoms with Gasteiger partial charge in [-0.15, -0.1) is 0 Å². The maximum atomic E-state index is 11.6. The van der Waals surface area contributed by atoms with Gasteiger partial charge < -0.3 is 9.47 Å². The van der Waals surface area contributed by atoms with Gasteiger partial charge in [0, 0.05) is 7.05 Å². The fourth-order valence-corrected chi connectivity index (χ4v) is 1.24. The molecule has 0 radical (unpaired) electrons. The summed E-state index contributed by atoms with van der Waals surface area (Å²) < 4.78 is 10.9. The molecular weight excluding hydrogens is 212 g/mol. The summed E-state index contributed by atoms with van der Waals surface area (Å²) in [4.78, 5) is 23.1. The van der Waals surface area contributed by atoms with Crippen molar-refractivity contribution in [3.05, 3.63) is 17.5 Å². The lowest BCUT2D eigenvalue weighted by atomic mass is 10.2. The van der Waals surface area contributed by atoms with Gasteiger partial charge in [-0.05, 0) is 13.8 Å². The van der Waals surface area contributed by atoms with E-state index >= 15 is 0 Å². The Morgan fingerprint density at radius 3 is 2.38 bits per heavy atom. The summed E-state index contributed by atoms with van der Waals surface area (Å²) in [6, 6.07) is 0. The van der Waals surface area contributed by atoms with Gasteiger partial charge in [0.05, 0.1) is 19.4 Å². The second-order valence-corrected chi connectivity index (χ2v) is 2.97. The largest absolute Gasteiger partial charge is 0.462 e. The van der Waals surface area contributed by atoms with Crippen LogP contribution in [0.4, 0.5) is 0 Å². The van der Waals surface area contributed by atoms with Crippen molar-refractivity contribution in [2.75, 3.05) is 13.2 Å². The summed E-state index contributed by atoms with van der Waals surface area (Å²) in [5, 5.41) is 3.84. The van der Waals surface area contributed by atoms with Gasteiger partial charge >= 0.3 is 11.9 Å². The molecule has 0 aliphatic carbocycles. The van der Waals surface area contributed by atoms with E-state index in [2.05, 4.69) is 5.10 Å². The summed E-state index contributed by atoms with van der Waals surface area (Å²) >= 11 is 0. The van der Waals surface area contributed by atoms with Crippen LogP contribution in [0.1, 0.15) is 34.7 Å². The minimum atomic E-state index is -0.578. The molecule has 0 aliphatic heterocycles. The van der Waals surface area contributed by atoms with E-state index in [9.17, 15) is 9.59 Å². The van der Waals surface area contributed by atoms with Crippen LogP contribution in [0.3, 0.4) is 0 Å². The van der Waals surface area contributed by atoms with E-state index < -0.39 is 11.9 Å². The minimum Gasteiger partial charge on any atom is -0.462 e. The van der Waals surface area contributed by atoms with E-state index in [0.29, 0.717) is 0 Å². The third-order valence-corrected chi connectivity index (χ3v) is 1.90. The number of hydrogen-bond donors (Lipinski definition) is 0. The zero-order chi connectivity index (χ0) is 12.1. The SMILES string of the molecule is CCOC(=O)c1cnn(C)c1C(=O)OCC. The highest BCUT2D eigenvalue weighted by Gasteiger charge is 2.23. The van der Waals surface area contributed by atoms with Gasteiger partial charge in [-0.1, -0.05) is 0 Å². The standard InChI is InChI=1S/C10H14N2O4/c1-4-15-9(13)7-6-11-12(3)8(7)10(14)16-5-2/h6H,4-5H2,1-3H3. The predicted octanol–water partition coefficient (Wildman–Crippen LogP) is 0.773. The second kappa shape index (κ2) is 5.29. The van der Waals surface area contributed by atoms with Crippen LogP contribution >= 0.6 is 0 Å². The number of aromatic nitrogens is 2. The summed E-state index contributed by atoms with van der Waals surface area (Å²) in [6.45, 7) is 3.87. The Morgan fingerprint density at radius 1 is 1.25 bits per heavy atom. The Labute approximate surface area is 93.1 Å². The van der Waals surface area contributed by atoms with Gasteiger partial charge in [0.1, 0.15) is 5.56 Å². The smallest absolute Gasteiger partial charge is 0.357 e. The van der Waals surface area contributed by atoms with E-state index in [-0.39, 0.29) is 24.5 Å². The minimum absolute atomic E-state index is 0.111. The van der Waals surface area contributed by atoms with E-state index in [4.69, 9.17) is 9.47 Å². The molecule has 0 aliphatic rings. The lowest BCUT2D eigenvalue weighted by Gasteiger charge is -2.04. The molecule has 0 bridgehead atoms. The van der Waals surface area contributed by atoms with Crippen LogP contribution in [0.15, 0.2) is 6.20 Å². The number of nitrogens with zero attached hydrogens (tertiary/aromatic N) is 2. The predicted molar refractivity (Wildman–Crippen MR) is 55.1 cm³/mol. The monoisotopic (exact) mass is 226 g/mol. The average Bonchev–Trinajstić information content (AvgIpc) is 2.61. The Morgan fingerprint density at radius 2 is 1.81 bits per heavy atom. The van der Waals surface area contributed by atoms with Crippen LogP contribution in [0.2, 0.25) is 0 Å². The Hall–Kier alpha value is -1.85. The van der Waals surface area contributed by atoms with Gasteiger partial charge in [-0.25, -0.2) is 9.59 Å². The molecule has 1 heterocycles. The van der Waals surface area contributed by atoms with Crippen LogP contribution in [0, 0.1) is 0 Å². The van der Waals surface area contributed by atoms with E-state index in [1.54, 1.807) is 20.9 Å². The topological polar surface area (TPSA) is 70.4 Å². The number of hydrogen-bond acceptors (Lipinski definition) is 5. The Bertz CT molecular complexity index is 398. The number of carbonyl (C=O) groups is 2. The van der Waals surface area contributed by atoms with Gasteiger partial charge in [0.15, 0.2) is 5.69 Å². The van der Waals surface area contributed by atoms with Crippen LogP contribution < -0.4 is 0 Å². The summed E-state index contributed by atoms with van der Waals surface area (Å²) in [5.41, 5.74) is 0.239. The quantitative estimate of drug-likeness (QED) is 0.709. The fourth-order valence-electron chi connectivity index (χ4n) is 1.24. The molecule has 0 atom stereocenters. The summed E-state index contributed by atoms with van der Waals surface area (Å²) in [6.07, 6.45) is 1.30. The highest BCUT2D eigenvalue weighted by atomic mass is 16.5. The van der Waals surface area contributed by atoms with E-state index in [0.717, 1.165) is 0 Å². The maximum Gasteiger partial charge on any atom is 0.357 e. The first-order valence-corrected chi connectivity index (χ1v) is 4.98. The Balaban J connectivity index is 3.02. The molecule has 1 aromatic heterocycles. The summed E-state index contributed by atoms with van der Waals surface area (Å²) in [7, 11) is 1.56. The van der Waals surface area contributed by atoms with Gasteiger partial charge in [0.25, 0.3) is 0 Å². The van der Waals surface area contributed by atoms with Crippen molar-refractivity contribution in [1.29, 1.82) is 0 Å². The third kappa shape index (κ3) is 2.39. The molecular formula is C10H14N2O4. The van der Waals surface area contributed by atoms with E-state index in [1.165, 1.54) is 10.9 Å². The highest BCUT2D eigenvalue weighted by Crippen LogP contribution is 2.10. The van der Waals surface area contributed by atoms with Crippen LogP contribution in [0.25, 0.3) is 0 Å². The molecule has 0 amide bonds. The molecule has 1 aromatic rings. The molecule has 16 heavy (non-hydrogen) atoms. The number of esters is 2. The molecule has 0 aromatic carbocycles. The van der Waals surface area contributed by atoms with Crippen molar-refractivity contribution in [3.63, 3.8) is 0 Å². The van der Waals surface area contributed by atoms with Crippen LogP contribution in [-0.4, -0.2) is 34.9 Å². The molecule has 0 N–H and O–H groups in total. The number of rotatable bonds is 4. The second-order valence-electron chi connectivity index (χ2n) is 2.97. The third-order valence-electron chi connectivity index (χ3n) is 1.90. The van der Waals surface area contributed by atoms with Gasteiger partial charge in [0.2, 0.25) is 0 Å². The van der Waals surface area contributed by atoms with Gasteiger partial charge in [-0.3, -0.25) is 4.68 Å². The van der Waals surface area contributed by atoms with Crippen LogP contribution in [-0.2, 0) is 16.5 Å². The first kappa shape index (κ1) is 12.2. The van der Waals surface area contributed by atoms with Crippen LogP contribution in [0.5, 0.6) is 0 Å². The normalized spacial score (nSPS) is 9.94. The molecule has 0 spiro atoms. The first-order valence-electron chi connectivity index (χ1n) is 4.98. The fraction of sp³-hybridized carbons (Fsp3) is 0.500. The van der Waals surface area contributed by atoms with Crippen molar-refractivity contribution in [2.24, 2.45) is 7.05 Å². The zero-order valence-corrected chi connectivity index (χ0v) is 9.52. The van der Waals surface area contributed by atoms with Crippen molar-refractivity contribution >= 4 is 11.9 Å². The number of carbonyl (C=O) groups excluding carboxylic acids is 2. The zero-order valence-electron chi connectivity index (χ0n) is 9.52. The molecule has 0 unspecified atom stereocenters. The average molecular weight is 226 g/mol. The molecule has 6 nitrogen and oxygen atoms in total. The lowest BCUT2D eigenvalue weighted by molar-refractivity contribution is 0.0471. The van der Waals surface area contributed by atoms with Crippen molar-refractivity contribution in [3.8, 4) is 0 Å². The molecule has 88 valence electrons. The maximum absolute atomic E-state index is 11.6.